The highest BCUT2D eigenvalue weighted by molar-refractivity contribution is 5.85. The van der Waals surface area contributed by atoms with Gasteiger partial charge in [0.2, 0.25) is 0 Å². The van der Waals surface area contributed by atoms with Gasteiger partial charge in [0.25, 0.3) is 0 Å². The number of ketones is 1. The van der Waals surface area contributed by atoms with Crippen molar-refractivity contribution >= 4 is 18.2 Å². The van der Waals surface area contributed by atoms with Gasteiger partial charge in [-0.3, -0.25) is 4.79 Å². The molecule has 0 heterocycles. The number of hydrogen-bond acceptors (Lipinski definition) is 3. The average Bonchev–Trinajstić information content (AvgIpc) is 2.26. The fourth-order valence-corrected chi connectivity index (χ4v) is 1.54. The zero-order chi connectivity index (χ0) is 11.5. The highest BCUT2D eigenvalue weighted by Gasteiger charge is 2.10. The van der Waals surface area contributed by atoms with Gasteiger partial charge in [0.1, 0.15) is 0 Å². The molecular formula is C12H26ClNO2. The molecule has 0 rings (SSSR count). The van der Waals surface area contributed by atoms with Crippen LogP contribution in [-0.4, -0.2) is 23.5 Å². The fraction of sp³-hybridized carbons (Fsp3) is 0.917. The van der Waals surface area contributed by atoms with E-state index in [2.05, 4.69) is 6.92 Å². The number of aliphatic hydroxyl groups is 1. The molecule has 16 heavy (non-hydrogen) atoms. The molecule has 0 spiro atoms. The summed E-state index contributed by atoms with van der Waals surface area (Å²) in [4.78, 5) is 11.2. The van der Waals surface area contributed by atoms with Crippen LogP contribution in [0.5, 0.6) is 0 Å². The summed E-state index contributed by atoms with van der Waals surface area (Å²) < 4.78 is 0. The van der Waals surface area contributed by atoms with Gasteiger partial charge in [-0.15, -0.1) is 12.4 Å². The molecule has 0 aliphatic heterocycles. The van der Waals surface area contributed by atoms with Crippen molar-refractivity contribution in [1.29, 1.82) is 0 Å². The molecule has 3 N–H and O–H groups in total. The van der Waals surface area contributed by atoms with E-state index in [-0.39, 0.29) is 24.8 Å². The van der Waals surface area contributed by atoms with Crippen molar-refractivity contribution in [2.45, 2.75) is 64.3 Å². The second-order valence-corrected chi connectivity index (χ2v) is 4.13. The number of nitrogens with two attached hydrogens (primary N) is 1. The van der Waals surface area contributed by atoms with Crippen LogP contribution in [0.2, 0.25) is 0 Å². The van der Waals surface area contributed by atoms with E-state index >= 15 is 0 Å². The highest BCUT2D eigenvalue weighted by atomic mass is 35.5. The summed E-state index contributed by atoms with van der Waals surface area (Å²) >= 11 is 0. The lowest BCUT2D eigenvalue weighted by Gasteiger charge is -2.06. The molecule has 0 aromatic heterocycles. The molecule has 0 aromatic carbocycles. The summed E-state index contributed by atoms with van der Waals surface area (Å²) in [5, 5.41) is 8.66. The Balaban J connectivity index is 0. The lowest BCUT2D eigenvalue weighted by atomic mass is 10.0. The lowest BCUT2D eigenvalue weighted by Crippen LogP contribution is -2.33. The quantitative estimate of drug-likeness (QED) is 0.586. The second kappa shape index (κ2) is 12.9. The van der Waals surface area contributed by atoms with Crippen LogP contribution in [0.4, 0.5) is 0 Å². The van der Waals surface area contributed by atoms with Crippen molar-refractivity contribution in [3.63, 3.8) is 0 Å². The first-order valence-corrected chi connectivity index (χ1v) is 6.11. The molecule has 0 amide bonds. The van der Waals surface area contributed by atoms with Crippen LogP contribution < -0.4 is 5.73 Å². The van der Waals surface area contributed by atoms with Crippen LogP contribution in [0.3, 0.4) is 0 Å². The Morgan fingerprint density at radius 3 is 2.12 bits per heavy atom. The number of Topliss-reactive ketones (excluding diaryl/α,β-unsaturated/α-hetero) is 1. The molecule has 0 fully saturated rings. The molecule has 0 saturated carbocycles. The Hall–Kier alpha value is -0.120. The van der Waals surface area contributed by atoms with Gasteiger partial charge in [0.05, 0.1) is 12.6 Å². The van der Waals surface area contributed by atoms with Gasteiger partial charge < -0.3 is 10.8 Å². The van der Waals surface area contributed by atoms with Gasteiger partial charge >= 0.3 is 0 Å². The Kier molecular flexibility index (Phi) is 14.8. The van der Waals surface area contributed by atoms with Gasteiger partial charge in [-0.25, -0.2) is 0 Å². The second-order valence-electron chi connectivity index (χ2n) is 4.13. The van der Waals surface area contributed by atoms with Crippen molar-refractivity contribution in [2.75, 3.05) is 6.61 Å². The highest BCUT2D eigenvalue weighted by Crippen LogP contribution is 2.08. The first kappa shape index (κ1) is 18.3. The molecule has 4 heteroatoms. The molecule has 0 aliphatic carbocycles. The van der Waals surface area contributed by atoms with Crippen LogP contribution in [0, 0.1) is 0 Å². The van der Waals surface area contributed by atoms with E-state index < -0.39 is 6.04 Å². The Labute approximate surface area is 105 Å². The summed E-state index contributed by atoms with van der Waals surface area (Å²) in [5.74, 6) is -0.00828. The van der Waals surface area contributed by atoms with Crippen molar-refractivity contribution in [2.24, 2.45) is 5.73 Å². The largest absolute Gasteiger partial charge is 0.394 e. The summed E-state index contributed by atoms with van der Waals surface area (Å²) in [7, 11) is 0. The molecule has 0 bridgehead atoms. The van der Waals surface area contributed by atoms with Crippen LogP contribution in [0.25, 0.3) is 0 Å². The summed E-state index contributed by atoms with van der Waals surface area (Å²) in [5.41, 5.74) is 5.40. The minimum absolute atomic E-state index is 0. The Morgan fingerprint density at radius 2 is 1.62 bits per heavy atom. The average molecular weight is 252 g/mol. The molecule has 1 unspecified atom stereocenters. The molecule has 98 valence electrons. The Morgan fingerprint density at radius 1 is 1.12 bits per heavy atom. The van der Waals surface area contributed by atoms with Crippen molar-refractivity contribution in [1.82, 2.24) is 0 Å². The van der Waals surface area contributed by atoms with E-state index in [0.29, 0.717) is 6.42 Å². The molecular weight excluding hydrogens is 226 g/mol. The number of carbonyl (C=O) groups excluding carboxylic acids is 1. The predicted octanol–water partition coefficient (Wildman–Crippen LogP) is 2.44. The smallest absolute Gasteiger partial charge is 0.151 e. The normalized spacial score (nSPS) is 11.9. The zero-order valence-corrected chi connectivity index (χ0v) is 11.1. The maximum atomic E-state index is 11.2. The summed E-state index contributed by atoms with van der Waals surface area (Å²) in [6, 6.07) is -0.662. The summed E-state index contributed by atoms with van der Waals surface area (Å²) in [6.45, 7) is 1.98. The third-order valence-electron chi connectivity index (χ3n) is 2.64. The maximum Gasteiger partial charge on any atom is 0.151 e. The monoisotopic (exact) mass is 251 g/mol. The summed E-state index contributed by atoms with van der Waals surface area (Å²) in [6.07, 6.45) is 8.91. The van der Waals surface area contributed by atoms with Crippen molar-refractivity contribution in [3.05, 3.63) is 0 Å². The van der Waals surface area contributed by atoms with E-state index in [4.69, 9.17) is 10.8 Å². The minimum atomic E-state index is -0.662. The van der Waals surface area contributed by atoms with Crippen LogP contribution >= 0.6 is 12.4 Å². The van der Waals surface area contributed by atoms with Crippen LogP contribution in [-0.2, 0) is 4.79 Å². The van der Waals surface area contributed by atoms with E-state index in [1.165, 1.54) is 32.1 Å². The van der Waals surface area contributed by atoms with Gasteiger partial charge in [-0.2, -0.15) is 0 Å². The third-order valence-corrected chi connectivity index (χ3v) is 2.64. The van der Waals surface area contributed by atoms with E-state index in [9.17, 15) is 4.79 Å². The minimum Gasteiger partial charge on any atom is -0.394 e. The number of carbonyl (C=O) groups is 1. The van der Waals surface area contributed by atoms with Gasteiger partial charge in [0, 0.05) is 6.42 Å². The topological polar surface area (TPSA) is 63.3 Å². The molecule has 0 radical (unpaired) electrons. The van der Waals surface area contributed by atoms with Gasteiger partial charge in [-0.05, 0) is 6.42 Å². The van der Waals surface area contributed by atoms with E-state index in [0.717, 1.165) is 12.8 Å². The number of rotatable bonds is 10. The zero-order valence-electron chi connectivity index (χ0n) is 10.3. The van der Waals surface area contributed by atoms with E-state index in [1.807, 2.05) is 0 Å². The molecule has 0 aromatic rings. The molecule has 1 atom stereocenters. The lowest BCUT2D eigenvalue weighted by molar-refractivity contribution is -0.121. The number of aliphatic hydroxyl groups excluding tert-OH is 1. The molecule has 3 nitrogen and oxygen atoms in total. The first-order chi connectivity index (χ1) is 7.22. The number of unbranched alkanes of at least 4 members (excludes halogenated alkanes) is 6. The number of hydrogen-bond donors (Lipinski definition) is 2. The Bertz CT molecular complexity index is 165. The van der Waals surface area contributed by atoms with Gasteiger partial charge in [-0.1, -0.05) is 45.4 Å². The third kappa shape index (κ3) is 10.4. The van der Waals surface area contributed by atoms with E-state index in [1.54, 1.807) is 0 Å². The van der Waals surface area contributed by atoms with Gasteiger partial charge in [0.15, 0.2) is 5.78 Å². The predicted molar refractivity (Wildman–Crippen MR) is 69.9 cm³/mol. The molecule has 0 saturated heterocycles. The SMILES string of the molecule is CCCCCCCCCC(=O)C(N)CO.Cl. The number of halogens is 1. The molecule has 0 aliphatic rings. The fourth-order valence-electron chi connectivity index (χ4n) is 1.54. The first-order valence-electron chi connectivity index (χ1n) is 6.11. The standard InChI is InChI=1S/C12H25NO2.ClH/c1-2-3-4-5-6-7-8-9-12(15)11(13)10-14;/h11,14H,2-10,13H2,1H3;1H. The van der Waals surface area contributed by atoms with Crippen molar-refractivity contribution < 1.29 is 9.90 Å². The van der Waals surface area contributed by atoms with Crippen LogP contribution in [0.1, 0.15) is 58.3 Å². The van der Waals surface area contributed by atoms with Crippen LogP contribution in [0.15, 0.2) is 0 Å². The maximum absolute atomic E-state index is 11.2. The van der Waals surface area contributed by atoms with Crippen molar-refractivity contribution in [3.8, 4) is 0 Å².